The quantitative estimate of drug-likeness (QED) is 0.285. The van der Waals surface area contributed by atoms with Gasteiger partial charge in [0.25, 0.3) is 5.91 Å². The number of nitrogens with zero attached hydrogens (tertiary/aromatic N) is 3. The van der Waals surface area contributed by atoms with Crippen LogP contribution in [0.15, 0.2) is 65.0 Å². The minimum absolute atomic E-state index is 0.0469. The van der Waals surface area contributed by atoms with Crippen LogP contribution in [0.2, 0.25) is 0 Å². The molecule has 4 rings (SSSR count). The number of allylic oxidation sites excluding steroid dienone is 1. The minimum Gasteiger partial charge on any atom is -0.328 e. The first-order valence-corrected chi connectivity index (χ1v) is 13.2. The van der Waals surface area contributed by atoms with Crippen molar-refractivity contribution in [3.8, 4) is 0 Å². The van der Waals surface area contributed by atoms with Crippen molar-refractivity contribution in [1.29, 1.82) is 0 Å². The van der Waals surface area contributed by atoms with E-state index in [9.17, 15) is 4.79 Å². The van der Waals surface area contributed by atoms with Crippen LogP contribution in [0.1, 0.15) is 70.2 Å². The van der Waals surface area contributed by atoms with Gasteiger partial charge in [0.05, 0.1) is 5.57 Å². The fourth-order valence-electron chi connectivity index (χ4n) is 4.19. The second-order valence-electron chi connectivity index (χ2n) is 10.1. The van der Waals surface area contributed by atoms with E-state index in [0.29, 0.717) is 11.5 Å². The van der Waals surface area contributed by atoms with E-state index in [1.54, 1.807) is 11.8 Å². The van der Waals surface area contributed by atoms with Crippen LogP contribution in [0.25, 0.3) is 0 Å². The second-order valence-corrected chi connectivity index (χ2v) is 11.2. The molecule has 0 spiro atoms. The second kappa shape index (κ2) is 10.3. The van der Waals surface area contributed by atoms with E-state index < -0.39 is 0 Å². The number of aromatic nitrogens is 3. The molecule has 1 amide bonds. The van der Waals surface area contributed by atoms with Gasteiger partial charge in [0.2, 0.25) is 11.1 Å². The summed E-state index contributed by atoms with van der Waals surface area (Å²) in [6.07, 6.45) is 2.24. The number of amides is 1. The third kappa shape index (κ3) is 5.61. The maximum atomic E-state index is 13.7. The summed E-state index contributed by atoms with van der Waals surface area (Å²) in [6, 6.07) is 16.0. The molecule has 7 heteroatoms. The highest BCUT2D eigenvalue weighted by atomic mass is 32.2. The Morgan fingerprint density at radius 1 is 1.14 bits per heavy atom. The van der Waals surface area contributed by atoms with E-state index in [-0.39, 0.29) is 17.4 Å². The topological polar surface area (TPSA) is 71.8 Å². The molecule has 0 bridgehead atoms. The van der Waals surface area contributed by atoms with Crippen molar-refractivity contribution in [3.63, 3.8) is 0 Å². The van der Waals surface area contributed by atoms with Crippen molar-refractivity contribution in [2.75, 3.05) is 16.4 Å². The first kappa shape index (κ1) is 25.0. The predicted molar refractivity (Wildman–Crippen MR) is 145 cm³/mol. The Hall–Kier alpha value is -3.06. The summed E-state index contributed by atoms with van der Waals surface area (Å²) < 4.78 is 1.86. The molecule has 1 aliphatic heterocycles. The van der Waals surface area contributed by atoms with E-state index in [2.05, 4.69) is 62.6 Å². The van der Waals surface area contributed by atoms with Crippen molar-refractivity contribution < 1.29 is 4.79 Å². The van der Waals surface area contributed by atoms with Crippen LogP contribution < -0.4 is 10.6 Å². The number of carbonyl (C=O) groups excluding carboxylic acids is 1. The summed E-state index contributed by atoms with van der Waals surface area (Å²) in [5, 5.41) is 12.0. The van der Waals surface area contributed by atoms with Gasteiger partial charge >= 0.3 is 0 Å². The highest BCUT2D eigenvalue weighted by Crippen LogP contribution is 2.37. The molecule has 1 unspecified atom stereocenters. The van der Waals surface area contributed by atoms with Crippen LogP contribution in [0.4, 0.5) is 11.6 Å². The van der Waals surface area contributed by atoms with Crippen molar-refractivity contribution in [2.45, 2.75) is 71.0 Å². The molecule has 0 saturated carbocycles. The molecule has 1 atom stereocenters. The normalized spacial score (nSPS) is 15.5. The zero-order valence-corrected chi connectivity index (χ0v) is 22.3. The summed E-state index contributed by atoms with van der Waals surface area (Å²) >= 11 is 1.65. The zero-order valence-electron chi connectivity index (χ0n) is 21.5. The summed E-state index contributed by atoms with van der Waals surface area (Å²) in [6.45, 7) is 12.7. The largest absolute Gasteiger partial charge is 0.328 e. The van der Waals surface area contributed by atoms with E-state index in [4.69, 9.17) is 10.1 Å². The minimum atomic E-state index is -0.377. The highest BCUT2D eigenvalue weighted by molar-refractivity contribution is 7.99. The lowest BCUT2D eigenvalue weighted by Gasteiger charge is -2.29. The molecule has 0 fully saturated rings. The van der Waals surface area contributed by atoms with Gasteiger partial charge in [0.1, 0.15) is 6.04 Å². The Labute approximate surface area is 212 Å². The molecule has 0 saturated heterocycles. The number of aryl methyl sites for hydroxylation is 1. The van der Waals surface area contributed by atoms with Crippen LogP contribution in [0, 0.1) is 6.92 Å². The van der Waals surface area contributed by atoms with Gasteiger partial charge in [-0.1, -0.05) is 82.3 Å². The van der Waals surface area contributed by atoms with E-state index in [0.717, 1.165) is 46.3 Å². The van der Waals surface area contributed by atoms with Crippen molar-refractivity contribution in [1.82, 2.24) is 14.8 Å². The SMILES string of the molecule is CCCCSc1nc2n(n1)C(c1ccc(C(C)(C)C)cc1)C(C(=O)Nc1cccc(C)c1)=C(C)N2. The number of thioether (sulfide) groups is 1. The van der Waals surface area contributed by atoms with Gasteiger partial charge in [-0.25, -0.2) is 4.68 Å². The van der Waals surface area contributed by atoms with E-state index in [1.165, 1.54) is 5.56 Å². The van der Waals surface area contributed by atoms with Gasteiger partial charge < -0.3 is 10.6 Å². The molecule has 35 heavy (non-hydrogen) atoms. The number of hydrogen-bond acceptors (Lipinski definition) is 5. The first-order valence-electron chi connectivity index (χ1n) is 12.2. The number of benzene rings is 2. The molecule has 0 aliphatic carbocycles. The fraction of sp³-hybridized carbons (Fsp3) is 0.393. The lowest BCUT2D eigenvalue weighted by Crippen LogP contribution is -2.31. The number of rotatable bonds is 7. The number of anilines is 2. The molecular formula is C28H35N5OS. The van der Waals surface area contributed by atoms with Gasteiger partial charge in [-0.05, 0) is 54.5 Å². The Morgan fingerprint density at radius 2 is 1.89 bits per heavy atom. The van der Waals surface area contributed by atoms with Crippen LogP contribution in [-0.2, 0) is 10.2 Å². The van der Waals surface area contributed by atoms with Gasteiger partial charge in [0.15, 0.2) is 0 Å². The molecule has 6 nitrogen and oxygen atoms in total. The average Bonchev–Trinajstić information content (AvgIpc) is 3.20. The van der Waals surface area contributed by atoms with Crippen LogP contribution in [0.3, 0.4) is 0 Å². The zero-order chi connectivity index (χ0) is 25.2. The Bertz CT molecular complexity index is 1240. The number of carbonyl (C=O) groups is 1. The van der Waals surface area contributed by atoms with E-state index in [1.807, 2.05) is 42.8 Å². The maximum Gasteiger partial charge on any atom is 0.255 e. The number of nitrogens with one attached hydrogen (secondary N) is 2. The molecular weight excluding hydrogens is 454 g/mol. The first-order chi connectivity index (χ1) is 16.7. The molecule has 1 aromatic heterocycles. The molecule has 0 radical (unpaired) electrons. The highest BCUT2D eigenvalue weighted by Gasteiger charge is 2.34. The van der Waals surface area contributed by atoms with Crippen molar-refractivity contribution >= 4 is 29.3 Å². The summed E-state index contributed by atoms with van der Waals surface area (Å²) in [5.74, 6) is 1.49. The molecule has 1 aliphatic rings. The number of fused-ring (bicyclic) bond motifs is 1. The van der Waals surface area contributed by atoms with Gasteiger partial charge in [-0.3, -0.25) is 4.79 Å². The van der Waals surface area contributed by atoms with Crippen molar-refractivity contribution in [2.24, 2.45) is 0 Å². The predicted octanol–water partition coefficient (Wildman–Crippen LogP) is 6.70. The Balaban J connectivity index is 1.74. The molecule has 2 heterocycles. The summed E-state index contributed by atoms with van der Waals surface area (Å²) in [5.41, 5.74) is 5.59. The van der Waals surface area contributed by atoms with Gasteiger partial charge in [-0.15, -0.1) is 5.10 Å². The standard InChI is InChI=1S/C28H35N5OS/c1-7-8-16-35-27-31-26-29-19(3)23(25(34)30-22-11-9-10-18(2)17-22)24(33(26)32-27)20-12-14-21(15-13-20)28(4,5)6/h9-15,17,24H,7-8,16H2,1-6H3,(H,30,34)(H,29,31,32). The van der Waals surface area contributed by atoms with Crippen molar-refractivity contribution in [3.05, 3.63) is 76.5 Å². The van der Waals surface area contributed by atoms with Crippen LogP contribution in [0.5, 0.6) is 0 Å². The third-order valence-corrected chi connectivity index (χ3v) is 7.10. The summed E-state index contributed by atoms with van der Waals surface area (Å²) in [4.78, 5) is 18.4. The molecule has 3 aromatic rings. The third-order valence-electron chi connectivity index (χ3n) is 6.18. The van der Waals surface area contributed by atoms with Gasteiger partial charge in [-0.2, -0.15) is 4.98 Å². The monoisotopic (exact) mass is 489 g/mol. The summed E-state index contributed by atoms with van der Waals surface area (Å²) in [7, 11) is 0. The molecule has 2 N–H and O–H groups in total. The maximum absolute atomic E-state index is 13.7. The molecule has 2 aromatic carbocycles. The lowest BCUT2D eigenvalue weighted by atomic mass is 9.85. The molecule has 184 valence electrons. The Kier molecular flexibility index (Phi) is 7.36. The van der Waals surface area contributed by atoms with Gasteiger partial charge in [0, 0.05) is 17.1 Å². The Morgan fingerprint density at radius 3 is 2.54 bits per heavy atom. The smallest absolute Gasteiger partial charge is 0.255 e. The fourth-order valence-corrected chi connectivity index (χ4v) is 5.10. The van der Waals surface area contributed by atoms with Crippen LogP contribution >= 0.6 is 11.8 Å². The number of unbranched alkanes of at least 4 members (excludes halogenated alkanes) is 1. The number of hydrogen-bond donors (Lipinski definition) is 2. The van der Waals surface area contributed by atoms with E-state index >= 15 is 0 Å². The lowest BCUT2D eigenvalue weighted by molar-refractivity contribution is -0.113. The average molecular weight is 490 g/mol. The van der Waals surface area contributed by atoms with Crippen LogP contribution in [-0.4, -0.2) is 26.4 Å².